The van der Waals surface area contributed by atoms with E-state index >= 15 is 0 Å². The summed E-state index contributed by atoms with van der Waals surface area (Å²) in [4.78, 5) is 10.6. The van der Waals surface area contributed by atoms with Gasteiger partial charge in [-0.1, -0.05) is 13.8 Å². The van der Waals surface area contributed by atoms with Gasteiger partial charge in [-0.2, -0.15) is 0 Å². The molecule has 0 saturated carbocycles. The number of aliphatic carboxylic acids is 1. The summed E-state index contributed by atoms with van der Waals surface area (Å²) >= 11 is 0. The molecule has 72 valence electrons. The monoisotopic (exact) mass is 175 g/mol. The molecule has 1 atom stereocenters. The second-order valence-electron chi connectivity index (χ2n) is 3.15. The predicted octanol–water partition coefficient (Wildman–Crippen LogP) is 0.332. The maximum atomic E-state index is 10.6. The Morgan fingerprint density at radius 1 is 1.58 bits per heavy atom. The number of carboxylic acid groups (broad SMARTS) is 1. The minimum absolute atomic E-state index is 0.210. The summed E-state index contributed by atoms with van der Waals surface area (Å²) < 4.78 is 4.75. The van der Waals surface area contributed by atoms with E-state index in [-0.39, 0.29) is 6.61 Å². The number of rotatable bonds is 6. The fourth-order valence-electron chi connectivity index (χ4n) is 0.762. The smallest absolute Gasteiger partial charge is 0.323 e. The van der Waals surface area contributed by atoms with E-state index in [0.717, 1.165) is 0 Å². The van der Waals surface area contributed by atoms with E-state index in [2.05, 4.69) is 5.32 Å². The zero-order valence-electron chi connectivity index (χ0n) is 7.83. The number of carboxylic acids is 1. The van der Waals surface area contributed by atoms with Crippen molar-refractivity contribution in [2.24, 2.45) is 5.92 Å². The van der Waals surface area contributed by atoms with E-state index in [9.17, 15) is 4.79 Å². The highest BCUT2D eigenvalue weighted by Gasteiger charge is 2.15. The number of carbonyl (C=O) groups is 1. The van der Waals surface area contributed by atoms with Gasteiger partial charge in [-0.05, 0) is 12.5 Å². The molecule has 0 bridgehead atoms. The van der Waals surface area contributed by atoms with Crippen molar-refractivity contribution in [1.82, 2.24) is 5.32 Å². The van der Waals surface area contributed by atoms with E-state index in [0.29, 0.717) is 12.5 Å². The maximum absolute atomic E-state index is 10.6. The first-order valence-electron chi connectivity index (χ1n) is 4.03. The zero-order valence-corrected chi connectivity index (χ0v) is 7.83. The molecule has 0 aliphatic heterocycles. The highest BCUT2D eigenvalue weighted by molar-refractivity contribution is 5.73. The molecular formula is C8H17NO3. The third kappa shape index (κ3) is 5.09. The summed E-state index contributed by atoms with van der Waals surface area (Å²) in [5, 5.41) is 11.6. The van der Waals surface area contributed by atoms with Gasteiger partial charge in [0.2, 0.25) is 0 Å². The molecule has 1 unspecified atom stereocenters. The predicted molar refractivity (Wildman–Crippen MR) is 46.1 cm³/mol. The van der Waals surface area contributed by atoms with Gasteiger partial charge in [0.25, 0.3) is 0 Å². The van der Waals surface area contributed by atoms with Gasteiger partial charge in [-0.25, -0.2) is 0 Å². The Bertz CT molecular complexity index is 136. The SMILES string of the molecule is COCC(NCC(C)C)C(=O)O. The number of ether oxygens (including phenoxy) is 1. The lowest BCUT2D eigenvalue weighted by atomic mass is 10.2. The second kappa shape index (κ2) is 5.97. The number of methoxy groups -OCH3 is 1. The second-order valence-corrected chi connectivity index (χ2v) is 3.15. The van der Waals surface area contributed by atoms with E-state index in [4.69, 9.17) is 9.84 Å². The Labute approximate surface area is 72.9 Å². The van der Waals surface area contributed by atoms with Gasteiger partial charge in [0.15, 0.2) is 0 Å². The minimum Gasteiger partial charge on any atom is -0.480 e. The van der Waals surface area contributed by atoms with Gasteiger partial charge in [0.05, 0.1) is 6.61 Å². The average Bonchev–Trinajstić information content (AvgIpc) is 1.96. The van der Waals surface area contributed by atoms with Crippen LogP contribution in [0.25, 0.3) is 0 Å². The summed E-state index contributed by atoms with van der Waals surface area (Å²) in [5.41, 5.74) is 0. The molecule has 0 heterocycles. The average molecular weight is 175 g/mol. The normalized spacial score (nSPS) is 13.3. The van der Waals surface area contributed by atoms with Crippen molar-refractivity contribution in [1.29, 1.82) is 0 Å². The molecule has 0 fully saturated rings. The molecule has 12 heavy (non-hydrogen) atoms. The Morgan fingerprint density at radius 2 is 2.17 bits per heavy atom. The molecule has 0 saturated heterocycles. The summed E-state index contributed by atoms with van der Waals surface area (Å²) in [6.45, 7) is 4.96. The van der Waals surface area contributed by atoms with Crippen molar-refractivity contribution >= 4 is 5.97 Å². The third-order valence-corrected chi connectivity index (χ3v) is 1.40. The number of hydrogen-bond acceptors (Lipinski definition) is 3. The van der Waals surface area contributed by atoms with E-state index < -0.39 is 12.0 Å². The van der Waals surface area contributed by atoms with Gasteiger partial charge in [0, 0.05) is 7.11 Å². The lowest BCUT2D eigenvalue weighted by Gasteiger charge is -2.14. The Kier molecular flexibility index (Phi) is 5.66. The Balaban J connectivity index is 3.71. The minimum atomic E-state index is -0.863. The molecule has 0 rings (SSSR count). The van der Waals surface area contributed by atoms with Gasteiger partial charge in [0.1, 0.15) is 6.04 Å². The molecule has 0 amide bonds. The number of nitrogens with one attached hydrogen (secondary N) is 1. The van der Waals surface area contributed by atoms with E-state index in [1.54, 1.807) is 0 Å². The van der Waals surface area contributed by atoms with Gasteiger partial charge in [-0.15, -0.1) is 0 Å². The molecule has 0 aliphatic carbocycles. The van der Waals surface area contributed by atoms with Crippen molar-refractivity contribution < 1.29 is 14.6 Å². The standard InChI is InChI=1S/C8H17NO3/c1-6(2)4-9-7(5-12-3)8(10)11/h6-7,9H,4-5H2,1-3H3,(H,10,11). The molecule has 0 aromatic rings. The van der Waals surface area contributed by atoms with Crippen molar-refractivity contribution in [3.8, 4) is 0 Å². The molecule has 4 heteroatoms. The molecule has 0 aromatic heterocycles. The van der Waals surface area contributed by atoms with Crippen molar-refractivity contribution in [2.75, 3.05) is 20.3 Å². The van der Waals surface area contributed by atoms with Crippen molar-refractivity contribution in [3.63, 3.8) is 0 Å². The molecular weight excluding hydrogens is 158 g/mol. The van der Waals surface area contributed by atoms with Crippen LogP contribution in [0, 0.1) is 5.92 Å². The van der Waals surface area contributed by atoms with Crippen LogP contribution in [0.2, 0.25) is 0 Å². The first kappa shape index (κ1) is 11.4. The van der Waals surface area contributed by atoms with Crippen LogP contribution >= 0.6 is 0 Å². The van der Waals surface area contributed by atoms with Crippen LogP contribution in [0.3, 0.4) is 0 Å². The summed E-state index contributed by atoms with van der Waals surface area (Å²) in [6.07, 6.45) is 0. The number of hydrogen-bond donors (Lipinski definition) is 2. The van der Waals surface area contributed by atoms with E-state index in [1.807, 2.05) is 13.8 Å². The first-order chi connectivity index (χ1) is 5.57. The zero-order chi connectivity index (χ0) is 9.56. The van der Waals surface area contributed by atoms with Crippen LogP contribution in [0.5, 0.6) is 0 Å². The lowest BCUT2D eigenvalue weighted by Crippen LogP contribution is -2.41. The van der Waals surface area contributed by atoms with E-state index in [1.165, 1.54) is 7.11 Å². The topological polar surface area (TPSA) is 58.6 Å². The van der Waals surface area contributed by atoms with Crippen LogP contribution in [0.1, 0.15) is 13.8 Å². The Hall–Kier alpha value is -0.610. The van der Waals surface area contributed by atoms with Crippen LogP contribution in [-0.2, 0) is 9.53 Å². The molecule has 0 radical (unpaired) electrons. The quantitative estimate of drug-likeness (QED) is 0.611. The van der Waals surface area contributed by atoms with Crippen LogP contribution in [0.4, 0.5) is 0 Å². The third-order valence-electron chi connectivity index (χ3n) is 1.40. The fraction of sp³-hybridized carbons (Fsp3) is 0.875. The summed E-state index contributed by atoms with van der Waals surface area (Å²) in [6, 6.07) is -0.586. The summed E-state index contributed by atoms with van der Waals surface area (Å²) in [5.74, 6) is -0.416. The van der Waals surface area contributed by atoms with Gasteiger partial charge >= 0.3 is 5.97 Å². The van der Waals surface area contributed by atoms with Crippen molar-refractivity contribution in [2.45, 2.75) is 19.9 Å². The molecule has 0 aromatic carbocycles. The highest BCUT2D eigenvalue weighted by Crippen LogP contribution is 1.91. The van der Waals surface area contributed by atoms with Crippen molar-refractivity contribution in [3.05, 3.63) is 0 Å². The summed E-state index contributed by atoms with van der Waals surface area (Å²) in [7, 11) is 1.49. The van der Waals surface area contributed by atoms with Gasteiger partial charge in [-0.3, -0.25) is 4.79 Å². The highest BCUT2D eigenvalue weighted by atomic mass is 16.5. The van der Waals surface area contributed by atoms with Crippen LogP contribution in [-0.4, -0.2) is 37.4 Å². The molecule has 4 nitrogen and oxygen atoms in total. The Morgan fingerprint density at radius 3 is 2.50 bits per heavy atom. The van der Waals surface area contributed by atoms with Gasteiger partial charge < -0.3 is 15.2 Å². The maximum Gasteiger partial charge on any atom is 0.323 e. The molecule has 2 N–H and O–H groups in total. The fourth-order valence-corrected chi connectivity index (χ4v) is 0.762. The molecule has 0 aliphatic rings. The molecule has 0 spiro atoms. The largest absolute Gasteiger partial charge is 0.480 e. The lowest BCUT2D eigenvalue weighted by molar-refractivity contribution is -0.140. The van der Waals surface area contributed by atoms with Crippen LogP contribution < -0.4 is 5.32 Å². The first-order valence-corrected chi connectivity index (χ1v) is 4.03. The van der Waals surface area contributed by atoms with Crippen LogP contribution in [0.15, 0.2) is 0 Å².